The molecule has 1 aliphatic heterocycles. The SMILES string of the molecule is O=C(CCOC1CCOCC1)NC(C(=O)O)c1ccc(Cl)c(F)c1. The second kappa shape index (κ2) is 8.96. The van der Waals surface area contributed by atoms with E-state index in [4.69, 9.17) is 21.1 Å². The molecule has 1 heterocycles. The van der Waals surface area contributed by atoms with E-state index < -0.39 is 23.7 Å². The van der Waals surface area contributed by atoms with Gasteiger partial charge in [-0.05, 0) is 30.5 Å². The molecule has 1 amide bonds. The Morgan fingerprint density at radius 3 is 2.75 bits per heavy atom. The number of hydrogen-bond donors (Lipinski definition) is 2. The number of rotatable bonds is 7. The summed E-state index contributed by atoms with van der Waals surface area (Å²) in [6.07, 6.45) is 1.65. The van der Waals surface area contributed by atoms with Crippen molar-refractivity contribution in [2.45, 2.75) is 31.4 Å². The van der Waals surface area contributed by atoms with Gasteiger partial charge in [0, 0.05) is 13.2 Å². The van der Waals surface area contributed by atoms with Gasteiger partial charge in [-0.25, -0.2) is 9.18 Å². The summed E-state index contributed by atoms with van der Waals surface area (Å²) in [6, 6.07) is 2.28. The normalized spacial score (nSPS) is 16.6. The highest BCUT2D eigenvalue weighted by molar-refractivity contribution is 6.30. The Kier molecular flexibility index (Phi) is 6.96. The second-order valence-corrected chi connectivity index (χ2v) is 5.85. The fourth-order valence-corrected chi connectivity index (χ4v) is 2.49. The standard InChI is InChI=1S/C16H19ClFNO5/c17-12-2-1-10(9-13(12)18)15(16(21)22)19-14(20)5-8-24-11-3-6-23-7-4-11/h1-2,9,11,15H,3-8H2,(H,19,20)(H,21,22). The van der Waals surface area contributed by atoms with Crippen LogP contribution in [0, 0.1) is 5.82 Å². The van der Waals surface area contributed by atoms with Crippen LogP contribution in [0.15, 0.2) is 18.2 Å². The molecule has 2 rings (SSSR count). The van der Waals surface area contributed by atoms with Gasteiger partial charge < -0.3 is 19.9 Å². The Bertz CT molecular complexity index is 592. The number of amides is 1. The first-order valence-electron chi connectivity index (χ1n) is 7.64. The smallest absolute Gasteiger partial charge is 0.330 e. The van der Waals surface area contributed by atoms with Crippen molar-refractivity contribution < 1.29 is 28.6 Å². The predicted molar refractivity (Wildman–Crippen MR) is 84.3 cm³/mol. The van der Waals surface area contributed by atoms with Crippen LogP contribution in [0.4, 0.5) is 4.39 Å². The molecule has 24 heavy (non-hydrogen) atoms. The van der Waals surface area contributed by atoms with Crippen molar-refractivity contribution in [3.63, 3.8) is 0 Å². The van der Waals surface area contributed by atoms with Gasteiger partial charge in [0.1, 0.15) is 5.82 Å². The van der Waals surface area contributed by atoms with Gasteiger partial charge in [0.2, 0.25) is 5.91 Å². The molecule has 6 nitrogen and oxygen atoms in total. The maximum atomic E-state index is 13.5. The molecule has 1 aromatic carbocycles. The lowest BCUT2D eigenvalue weighted by Crippen LogP contribution is -2.34. The quantitative estimate of drug-likeness (QED) is 0.780. The molecule has 0 saturated carbocycles. The molecule has 0 aliphatic carbocycles. The molecule has 1 unspecified atom stereocenters. The number of carboxylic acids is 1. The van der Waals surface area contributed by atoms with E-state index in [1.54, 1.807) is 0 Å². The minimum atomic E-state index is -1.34. The van der Waals surface area contributed by atoms with Gasteiger partial charge in [-0.2, -0.15) is 0 Å². The molecule has 0 bridgehead atoms. The second-order valence-electron chi connectivity index (χ2n) is 5.44. The molecule has 1 fully saturated rings. The Morgan fingerprint density at radius 1 is 1.42 bits per heavy atom. The number of carbonyl (C=O) groups excluding carboxylic acids is 1. The largest absolute Gasteiger partial charge is 0.479 e. The number of aliphatic carboxylic acids is 1. The molecule has 0 radical (unpaired) electrons. The third-order valence-corrected chi connectivity index (χ3v) is 3.99. The van der Waals surface area contributed by atoms with E-state index in [9.17, 15) is 19.1 Å². The number of carboxylic acid groups (broad SMARTS) is 1. The Morgan fingerprint density at radius 2 is 2.12 bits per heavy atom. The monoisotopic (exact) mass is 359 g/mol. The lowest BCUT2D eigenvalue weighted by Gasteiger charge is -2.22. The third-order valence-electron chi connectivity index (χ3n) is 3.68. The van der Waals surface area contributed by atoms with Crippen molar-refractivity contribution >= 4 is 23.5 Å². The first kappa shape index (κ1) is 18.6. The molecule has 132 valence electrons. The molecule has 1 aliphatic rings. The molecule has 1 atom stereocenters. The average molecular weight is 360 g/mol. The molecular weight excluding hydrogens is 341 g/mol. The fraction of sp³-hybridized carbons (Fsp3) is 0.500. The Balaban J connectivity index is 1.86. The average Bonchev–Trinajstić information content (AvgIpc) is 2.56. The number of halogens is 2. The number of carbonyl (C=O) groups is 2. The molecule has 0 aromatic heterocycles. The van der Waals surface area contributed by atoms with Crippen molar-refractivity contribution in [2.75, 3.05) is 19.8 Å². The van der Waals surface area contributed by atoms with E-state index in [-0.39, 0.29) is 29.7 Å². The van der Waals surface area contributed by atoms with Crippen molar-refractivity contribution in [3.05, 3.63) is 34.6 Å². The van der Waals surface area contributed by atoms with Crippen LogP contribution in [0.1, 0.15) is 30.9 Å². The Hall–Kier alpha value is -1.70. The van der Waals surface area contributed by atoms with E-state index >= 15 is 0 Å². The minimum Gasteiger partial charge on any atom is -0.479 e. The highest BCUT2D eigenvalue weighted by Gasteiger charge is 2.23. The summed E-state index contributed by atoms with van der Waals surface area (Å²) >= 11 is 5.58. The van der Waals surface area contributed by atoms with Gasteiger partial charge in [-0.15, -0.1) is 0 Å². The van der Waals surface area contributed by atoms with Crippen LogP contribution in [0.3, 0.4) is 0 Å². The number of nitrogens with one attached hydrogen (secondary N) is 1. The highest BCUT2D eigenvalue weighted by Crippen LogP contribution is 2.21. The van der Waals surface area contributed by atoms with E-state index in [2.05, 4.69) is 5.32 Å². The fourth-order valence-electron chi connectivity index (χ4n) is 2.37. The summed E-state index contributed by atoms with van der Waals surface area (Å²) in [5.74, 6) is -2.50. The van der Waals surface area contributed by atoms with Gasteiger partial charge >= 0.3 is 5.97 Å². The highest BCUT2D eigenvalue weighted by atomic mass is 35.5. The zero-order valence-corrected chi connectivity index (χ0v) is 13.7. The summed E-state index contributed by atoms with van der Waals surface area (Å²) in [5.41, 5.74) is 0.114. The van der Waals surface area contributed by atoms with Crippen LogP contribution in [-0.2, 0) is 19.1 Å². The summed E-state index contributed by atoms with van der Waals surface area (Å²) in [7, 11) is 0. The van der Waals surface area contributed by atoms with Crippen LogP contribution in [0.25, 0.3) is 0 Å². The van der Waals surface area contributed by atoms with Gasteiger partial charge in [0.25, 0.3) is 0 Å². The molecule has 0 spiro atoms. The number of ether oxygens (including phenoxy) is 2. The lowest BCUT2D eigenvalue weighted by molar-refractivity contribution is -0.142. The first-order valence-corrected chi connectivity index (χ1v) is 8.01. The van der Waals surface area contributed by atoms with E-state index in [0.717, 1.165) is 18.9 Å². The van der Waals surface area contributed by atoms with Crippen LogP contribution < -0.4 is 5.32 Å². The summed E-state index contributed by atoms with van der Waals surface area (Å²) in [5, 5.41) is 11.5. The van der Waals surface area contributed by atoms with Crippen LogP contribution >= 0.6 is 11.6 Å². The summed E-state index contributed by atoms with van der Waals surface area (Å²) < 4.78 is 24.3. The topological polar surface area (TPSA) is 84.9 Å². The number of hydrogen-bond acceptors (Lipinski definition) is 4. The van der Waals surface area contributed by atoms with Gasteiger partial charge in [0.05, 0.1) is 24.2 Å². The molecular formula is C16H19ClFNO5. The minimum absolute atomic E-state index is 0.0250. The zero-order chi connectivity index (χ0) is 17.5. The summed E-state index contributed by atoms with van der Waals surface area (Å²) in [4.78, 5) is 23.3. The van der Waals surface area contributed by atoms with E-state index in [0.29, 0.717) is 13.2 Å². The van der Waals surface area contributed by atoms with Crippen LogP contribution in [-0.4, -0.2) is 42.9 Å². The van der Waals surface area contributed by atoms with Gasteiger partial charge in [-0.1, -0.05) is 17.7 Å². The van der Waals surface area contributed by atoms with Crippen molar-refractivity contribution in [2.24, 2.45) is 0 Å². The maximum absolute atomic E-state index is 13.5. The van der Waals surface area contributed by atoms with Gasteiger partial charge in [0.15, 0.2) is 6.04 Å². The van der Waals surface area contributed by atoms with Crippen LogP contribution in [0.5, 0.6) is 0 Å². The third kappa shape index (κ3) is 5.43. The maximum Gasteiger partial charge on any atom is 0.330 e. The number of benzene rings is 1. The molecule has 2 N–H and O–H groups in total. The van der Waals surface area contributed by atoms with Crippen LogP contribution in [0.2, 0.25) is 5.02 Å². The molecule has 1 aromatic rings. The van der Waals surface area contributed by atoms with Crippen molar-refractivity contribution in [1.82, 2.24) is 5.32 Å². The van der Waals surface area contributed by atoms with Crippen molar-refractivity contribution in [1.29, 1.82) is 0 Å². The summed E-state index contributed by atoms with van der Waals surface area (Å²) in [6.45, 7) is 1.47. The first-order chi connectivity index (χ1) is 11.5. The lowest BCUT2D eigenvalue weighted by atomic mass is 10.1. The van der Waals surface area contributed by atoms with Gasteiger partial charge in [-0.3, -0.25) is 4.79 Å². The van der Waals surface area contributed by atoms with E-state index in [1.165, 1.54) is 12.1 Å². The molecule has 8 heteroatoms. The Labute approximate surface area is 143 Å². The molecule has 1 saturated heterocycles. The van der Waals surface area contributed by atoms with E-state index in [1.807, 2.05) is 0 Å². The zero-order valence-electron chi connectivity index (χ0n) is 13.0. The van der Waals surface area contributed by atoms with Crippen molar-refractivity contribution in [3.8, 4) is 0 Å². The predicted octanol–water partition coefficient (Wildman–Crippen LogP) is 2.31.